The molecule has 0 aliphatic rings. The average molecular weight is 398 g/mol. The third-order valence-electron chi connectivity index (χ3n) is 4.49. The van der Waals surface area contributed by atoms with Gasteiger partial charge in [0.1, 0.15) is 12.4 Å². The van der Waals surface area contributed by atoms with Gasteiger partial charge in [-0.1, -0.05) is 0 Å². The molecule has 0 saturated heterocycles. The van der Waals surface area contributed by atoms with Gasteiger partial charge in [0.2, 0.25) is 5.75 Å². The van der Waals surface area contributed by atoms with Gasteiger partial charge in [-0.25, -0.2) is 4.39 Å². The molecule has 0 unspecified atom stereocenters. The second kappa shape index (κ2) is 8.79. The van der Waals surface area contributed by atoms with Crippen molar-refractivity contribution in [2.75, 3.05) is 27.4 Å². The molecule has 0 amide bonds. The molecule has 0 saturated carbocycles. The Morgan fingerprint density at radius 3 is 2.48 bits per heavy atom. The molecule has 3 aromatic rings. The van der Waals surface area contributed by atoms with E-state index in [0.717, 1.165) is 10.9 Å². The SMILES string of the molecule is COc1cc(C(=O)/C(C)=C/c2c[nH]c3cc(F)ccc23)cc(OC)c1OCCN. The van der Waals surface area contributed by atoms with Crippen molar-refractivity contribution in [3.05, 3.63) is 59.0 Å². The molecule has 2 aromatic carbocycles. The summed E-state index contributed by atoms with van der Waals surface area (Å²) in [5, 5.41) is 0.833. The minimum Gasteiger partial charge on any atom is -0.493 e. The molecule has 1 aromatic heterocycles. The van der Waals surface area contributed by atoms with Gasteiger partial charge in [0, 0.05) is 34.8 Å². The van der Waals surface area contributed by atoms with Crippen LogP contribution in [0.3, 0.4) is 0 Å². The largest absolute Gasteiger partial charge is 0.493 e. The van der Waals surface area contributed by atoms with Gasteiger partial charge in [-0.05, 0) is 48.9 Å². The number of aromatic amines is 1. The van der Waals surface area contributed by atoms with Crippen LogP contribution in [0.4, 0.5) is 4.39 Å². The lowest BCUT2D eigenvalue weighted by molar-refractivity contribution is 0.103. The van der Waals surface area contributed by atoms with E-state index in [1.807, 2.05) is 0 Å². The summed E-state index contributed by atoms with van der Waals surface area (Å²) in [7, 11) is 2.98. The zero-order valence-electron chi connectivity index (χ0n) is 16.5. The third kappa shape index (κ3) is 4.25. The molecule has 152 valence electrons. The topological polar surface area (TPSA) is 86.6 Å². The lowest BCUT2D eigenvalue weighted by atomic mass is 10.0. The van der Waals surface area contributed by atoms with E-state index >= 15 is 0 Å². The van der Waals surface area contributed by atoms with E-state index in [2.05, 4.69) is 4.98 Å². The van der Waals surface area contributed by atoms with Crippen LogP contribution in [0.1, 0.15) is 22.8 Å². The Labute approximate surface area is 168 Å². The monoisotopic (exact) mass is 398 g/mol. The summed E-state index contributed by atoms with van der Waals surface area (Å²) in [5.74, 6) is 0.660. The number of allylic oxidation sites excluding steroid dienone is 1. The summed E-state index contributed by atoms with van der Waals surface area (Å²) in [5.41, 5.74) is 7.87. The summed E-state index contributed by atoms with van der Waals surface area (Å²) in [6.07, 6.45) is 3.50. The molecule has 3 rings (SSSR count). The number of H-pyrrole nitrogens is 1. The minimum absolute atomic E-state index is 0.191. The number of hydrogen-bond acceptors (Lipinski definition) is 5. The van der Waals surface area contributed by atoms with Gasteiger partial charge in [0.05, 0.1) is 14.2 Å². The van der Waals surface area contributed by atoms with Gasteiger partial charge in [-0.3, -0.25) is 4.79 Å². The first-order chi connectivity index (χ1) is 14.0. The standard InChI is InChI=1S/C22H23FN2O4/c1-13(8-15-12-25-18-11-16(23)4-5-17(15)18)21(26)14-9-19(27-2)22(29-7-6-24)20(10-14)28-3/h4-5,8-12,25H,6-7,24H2,1-3H3/b13-8+. The number of carbonyl (C=O) groups excluding carboxylic acids is 1. The average Bonchev–Trinajstić information content (AvgIpc) is 3.12. The van der Waals surface area contributed by atoms with Crippen LogP contribution in [0.15, 0.2) is 42.1 Å². The van der Waals surface area contributed by atoms with Crippen LogP contribution in [-0.2, 0) is 0 Å². The van der Waals surface area contributed by atoms with Crippen molar-refractivity contribution in [3.63, 3.8) is 0 Å². The molecule has 3 N–H and O–H groups in total. The predicted octanol–water partition coefficient (Wildman–Crippen LogP) is 3.95. The second-order valence-electron chi connectivity index (χ2n) is 6.44. The molecular formula is C22H23FN2O4. The molecule has 0 atom stereocenters. The number of Topliss-reactive ketones (excluding diaryl/α,β-unsaturated/α-hetero) is 1. The normalized spacial score (nSPS) is 11.6. The first kappa shape index (κ1) is 20.4. The first-order valence-corrected chi connectivity index (χ1v) is 9.07. The number of nitrogens with two attached hydrogens (primary N) is 1. The Balaban J connectivity index is 1.97. The highest BCUT2D eigenvalue weighted by Gasteiger charge is 2.19. The van der Waals surface area contributed by atoms with Gasteiger partial charge < -0.3 is 24.9 Å². The van der Waals surface area contributed by atoms with Crippen LogP contribution in [0.5, 0.6) is 17.2 Å². The van der Waals surface area contributed by atoms with E-state index in [-0.39, 0.29) is 11.6 Å². The van der Waals surface area contributed by atoms with Gasteiger partial charge in [0.25, 0.3) is 0 Å². The number of ketones is 1. The molecule has 0 fully saturated rings. The lowest BCUT2D eigenvalue weighted by Crippen LogP contribution is -2.12. The van der Waals surface area contributed by atoms with Crippen molar-refractivity contribution >= 4 is 22.8 Å². The summed E-state index contributed by atoms with van der Waals surface area (Å²) in [4.78, 5) is 16.0. The fraction of sp³-hybridized carbons (Fsp3) is 0.227. The van der Waals surface area contributed by atoms with Crippen molar-refractivity contribution in [1.82, 2.24) is 4.98 Å². The maximum absolute atomic E-state index is 13.4. The first-order valence-electron chi connectivity index (χ1n) is 9.07. The van der Waals surface area contributed by atoms with E-state index in [9.17, 15) is 9.18 Å². The van der Waals surface area contributed by atoms with E-state index in [1.54, 1.807) is 37.4 Å². The zero-order valence-corrected chi connectivity index (χ0v) is 16.5. The highest BCUT2D eigenvalue weighted by molar-refractivity contribution is 6.12. The number of methoxy groups -OCH3 is 2. The molecule has 0 aliphatic carbocycles. The summed E-state index contributed by atoms with van der Waals surface area (Å²) >= 11 is 0. The fourth-order valence-corrected chi connectivity index (χ4v) is 3.08. The van der Waals surface area contributed by atoms with Crippen molar-refractivity contribution in [2.24, 2.45) is 5.73 Å². The van der Waals surface area contributed by atoms with Crippen molar-refractivity contribution in [1.29, 1.82) is 0 Å². The number of halogens is 1. The molecule has 7 heteroatoms. The van der Waals surface area contributed by atoms with Crippen LogP contribution < -0.4 is 19.9 Å². The highest BCUT2D eigenvalue weighted by Crippen LogP contribution is 2.39. The Bertz CT molecular complexity index is 1050. The number of benzene rings is 2. The van der Waals surface area contributed by atoms with Crippen LogP contribution in [0.25, 0.3) is 17.0 Å². The van der Waals surface area contributed by atoms with E-state index in [4.69, 9.17) is 19.9 Å². The molecule has 29 heavy (non-hydrogen) atoms. The second-order valence-corrected chi connectivity index (χ2v) is 6.44. The number of rotatable bonds is 8. The number of ether oxygens (including phenoxy) is 3. The Morgan fingerprint density at radius 2 is 1.86 bits per heavy atom. The maximum Gasteiger partial charge on any atom is 0.203 e. The number of nitrogens with one attached hydrogen (secondary N) is 1. The predicted molar refractivity (Wildman–Crippen MR) is 110 cm³/mol. The van der Waals surface area contributed by atoms with E-state index in [1.165, 1.54) is 26.4 Å². The van der Waals surface area contributed by atoms with Crippen LogP contribution >= 0.6 is 0 Å². The Hall–Kier alpha value is -3.32. The van der Waals surface area contributed by atoms with Crippen molar-refractivity contribution in [3.8, 4) is 17.2 Å². The fourth-order valence-electron chi connectivity index (χ4n) is 3.08. The van der Waals surface area contributed by atoms with Crippen molar-refractivity contribution < 1.29 is 23.4 Å². The molecule has 0 aliphatic heterocycles. The Kier molecular flexibility index (Phi) is 6.19. The van der Waals surface area contributed by atoms with Crippen LogP contribution in [0.2, 0.25) is 0 Å². The number of aromatic nitrogens is 1. The molecule has 0 radical (unpaired) electrons. The number of fused-ring (bicyclic) bond motifs is 1. The molecule has 0 spiro atoms. The van der Waals surface area contributed by atoms with Gasteiger partial charge in [0.15, 0.2) is 17.3 Å². The van der Waals surface area contributed by atoms with Gasteiger partial charge >= 0.3 is 0 Å². The zero-order chi connectivity index (χ0) is 21.0. The molecule has 1 heterocycles. The van der Waals surface area contributed by atoms with Crippen LogP contribution in [-0.4, -0.2) is 38.1 Å². The minimum atomic E-state index is -0.321. The maximum atomic E-state index is 13.4. The molecule has 0 bridgehead atoms. The Morgan fingerprint density at radius 1 is 1.17 bits per heavy atom. The van der Waals surface area contributed by atoms with E-state index in [0.29, 0.717) is 47.1 Å². The third-order valence-corrected chi connectivity index (χ3v) is 4.49. The highest BCUT2D eigenvalue weighted by atomic mass is 19.1. The smallest absolute Gasteiger partial charge is 0.203 e. The van der Waals surface area contributed by atoms with E-state index < -0.39 is 0 Å². The van der Waals surface area contributed by atoms with Gasteiger partial charge in [-0.2, -0.15) is 0 Å². The van der Waals surface area contributed by atoms with Gasteiger partial charge in [-0.15, -0.1) is 0 Å². The van der Waals surface area contributed by atoms with Crippen LogP contribution in [0, 0.1) is 5.82 Å². The lowest BCUT2D eigenvalue weighted by Gasteiger charge is -2.15. The summed E-state index contributed by atoms with van der Waals surface area (Å²) in [6.45, 7) is 2.35. The summed E-state index contributed by atoms with van der Waals surface area (Å²) in [6, 6.07) is 7.71. The molecule has 6 nitrogen and oxygen atoms in total. The number of carbonyl (C=O) groups is 1. The quantitative estimate of drug-likeness (QED) is 0.443. The van der Waals surface area contributed by atoms with Crippen molar-refractivity contribution in [2.45, 2.75) is 6.92 Å². The summed E-state index contributed by atoms with van der Waals surface area (Å²) < 4.78 is 29.7. The number of hydrogen-bond donors (Lipinski definition) is 2. The molecular weight excluding hydrogens is 375 g/mol.